The number of amides is 2. The van der Waals surface area contributed by atoms with Crippen molar-refractivity contribution >= 4 is 27.4 Å². The number of hydrogen-bond acceptors (Lipinski definition) is 4. The molecule has 0 aromatic heterocycles. The Hall–Kier alpha value is -2.85. The lowest BCUT2D eigenvalue weighted by Gasteiger charge is -2.35. The molecule has 1 aliphatic heterocycles. The van der Waals surface area contributed by atoms with E-state index in [1.165, 1.54) is 17.0 Å². The molecule has 0 atom stereocenters. The van der Waals surface area contributed by atoms with Crippen molar-refractivity contribution < 1.29 is 13.2 Å². The molecule has 0 unspecified atom stereocenters. The summed E-state index contributed by atoms with van der Waals surface area (Å²) >= 11 is 0. The van der Waals surface area contributed by atoms with Crippen LogP contribution in [0.5, 0.6) is 0 Å². The highest BCUT2D eigenvalue weighted by molar-refractivity contribution is 7.94. The maximum Gasteiger partial charge on any atom is 0.344 e. The van der Waals surface area contributed by atoms with E-state index in [0.717, 1.165) is 9.87 Å². The van der Waals surface area contributed by atoms with Crippen LogP contribution in [0.1, 0.15) is 5.56 Å². The molecule has 0 N–H and O–H groups in total. The second kappa shape index (κ2) is 5.41. The van der Waals surface area contributed by atoms with Crippen LogP contribution in [0.25, 0.3) is 0 Å². The van der Waals surface area contributed by atoms with Crippen LogP contribution in [-0.4, -0.2) is 21.0 Å². The van der Waals surface area contributed by atoms with Gasteiger partial charge in [-0.25, -0.2) is 13.2 Å². The molecule has 0 saturated carbocycles. The SMILES string of the molecule is Cc1cccc(N2C(=O)N(CC#N)c3ccccc3S2(=O)=O)c1. The Bertz CT molecular complexity index is 932. The first kappa shape index (κ1) is 15.1. The average Bonchev–Trinajstić information content (AvgIpc) is 2.51. The third-order valence-electron chi connectivity index (χ3n) is 3.54. The number of para-hydroxylation sites is 1. The summed E-state index contributed by atoms with van der Waals surface area (Å²) in [5.41, 5.74) is 1.31. The van der Waals surface area contributed by atoms with Crippen molar-refractivity contribution in [2.24, 2.45) is 0 Å². The van der Waals surface area contributed by atoms with Crippen LogP contribution in [0.4, 0.5) is 16.2 Å². The van der Waals surface area contributed by atoms with E-state index < -0.39 is 16.1 Å². The topological polar surface area (TPSA) is 81.5 Å². The highest BCUT2D eigenvalue weighted by Gasteiger charge is 2.42. The maximum absolute atomic E-state index is 12.9. The predicted octanol–water partition coefficient (Wildman–Crippen LogP) is 2.65. The van der Waals surface area contributed by atoms with E-state index in [2.05, 4.69) is 0 Å². The zero-order valence-corrected chi connectivity index (χ0v) is 13.1. The van der Waals surface area contributed by atoms with E-state index in [0.29, 0.717) is 0 Å². The fraction of sp³-hybridized carbons (Fsp3) is 0.125. The molecule has 0 fully saturated rings. The van der Waals surface area contributed by atoms with Crippen LogP contribution in [0.2, 0.25) is 0 Å². The van der Waals surface area contributed by atoms with Crippen LogP contribution < -0.4 is 9.21 Å². The fourth-order valence-corrected chi connectivity index (χ4v) is 4.12. The molecule has 0 spiro atoms. The standard InChI is InChI=1S/C16H13N3O3S/c1-12-5-4-6-13(11-12)19-16(20)18(10-9-17)14-7-2-3-8-15(14)23(19,21)22/h2-8,11H,10H2,1H3. The normalized spacial score (nSPS) is 15.9. The van der Waals surface area contributed by atoms with Crippen molar-refractivity contribution in [1.29, 1.82) is 5.26 Å². The first-order valence-electron chi connectivity index (χ1n) is 6.86. The molecule has 0 bridgehead atoms. The van der Waals surface area contributed by atoms with Crippen molar-refractivity contribution in [2.45, 2.75) is 11.8 Å². The van der Waals surface area contributed by atoms with Gasteiger partial charge < -0.3 is 0 Å². The Kier molecular flexibility index (Phi) is 3.54. The highest BCUT2D eigenvalue weighted by Crippen LogP contribution is 2.36. The molecule has 2 amide bonds. The lowest BCUT2D eigenvalue weighted by atomic mass is 10.2. The van der Waals surface area contributed by atoms with Crippen molar-refractivity contribution in [3.63, 3.8) is 0 Å². The van der Waals surface area contributed by atoms with Gasteiger partial charge in [-0.3, -0.25) is 4.90 Å². The van der Waals surface area contributed by atoms with Crippen LogP contribution >= 0.6 is 0 Å². The van der Waals surface area contributed by atoms with E-state index in [4.69, 9.17) is 5.26 Å². The number of sulfonamides is 1. The Morgan fingerprint density at radius 2 is 1.87 bits per heavy atom. The maximum atomic E-state index is 12.9. The minimum absolute atomic E-state index is 0.0105. The average molecular weight is 327 g/mol. The number of fused-ring (bicyclic) bond motifs is 1. The van der Waals surface area contributed by atoms with Crippen molar-refractivity contribution in [2.75, 3.05) is 15.7 Å². The predicted molar refractivity (Wildman–Crippen MR) is 85.6 cm³/mol. The number of anilines is 2. The first-order chi connectivity index (χ1) is 11.0. The number of carbonyl (C=O) groups excluding carboxylic acids is 1. The van der Waals surface area contributed by atoms with Gasteiger partial charge in [0.2, 0.25) is 0 Å². The molecule has 23 heavy (non-hydrogen) atoms. The molecule has 0 saturated heterocycles. The van der Waals surface area contributed by atoms with Crippen molar-refractivity contribution in [3.05, 3.63) is 54.1 Å². The number of nitriles is 1. The minimum atomic E-state index is -4.02. The first-order valence-corrected chi connectivity index (χ1v) is 8.30. The van der Waals surface area contributed by atoms with Gasteiger partial charge in [0.05, 0.1) is 17.4 Å². The highest BCUT2D eigenvalue weighted by atomic mass is 32.2. The lowest BCUT2D eigenvalue weighted by molar-refractivity contribution is 0.254. The Balaban J connectivity index is 2.26. The smallest absolute Gasteiger partial charge is 0.278 e. The molecule has 3 rings (SSSR count). The van der Waals surface area contributed by atoms with Crippen molar-refractivity contribution in [3.8, 4) is 6.07 Å². The molecule has 7 heteroatoms. The van der Waals surface area contributed by atoms with Crippen LogP contribution in [0, 0.1) is 18.3 Å². The number of urea groups is 1. The largest absolute Gasteiger partial charge is 0.344 e. The van der Waals surface area contributed by atoms with Gasteiger partial charge in [-0.15, -0.1) is 0 Å². The molecular formula is C16H13N3O3S. The Morgan fingerprint density at radius 3 is 2.57 bits per heavy atom. The van der Waals surface area contributed by atoms with Gasteiger partial charge in [0.1, 0.15) is 11.4 Å². The molecule has 0 aliphatic carbocycles. The quantitative estimate of drug-likeness (QED) is 0.794. The van der Waals surface area contributed by atoms with Gasteiger partial charge >= 0.3 is 6.03 Å². The number of benzene rings is 2. The second-order valence-electron chi connectivity index (χ2n) is 5.10. The third kappa shape index (κ3) is 2.33. The molecular weight excluding hydrogens is 314 g/mol. The zero-order chi connectivity index (χ0) is 16.6. The summed E-state index contributed by atoms with van der Waals surface area (Å²) in [5.74, 6) is 0. The second-order valence-corrected chi connectivity index (χ2v) is 6.86. The molecule has 0 radical (unpaired) electrons. The summed E-state index contributed by atoms with van der Waals surface area (Å²) < 4.78 is 26.5. The number of hydrogen-bond donors (Lipinski definition) is 0. The summed E-state index contributed by atoms with van der Waals surface area (Å²) in [7, 11) is -4.02. The fourth-order valence-electron chi connectivity index (χ4n) is 2.54. The van der Waals surface area contributed by atoms with Gasteiger partial charge in [0, 0.05) is 0 Å². The molecule has 116 valence electrons. The van der Waals surface area contributed by atoms with Crippen LogP contribution in [0.15, 0.2) is 53.4 Å². The number of nitrogens with zero attached hydrogens (tertiary/aromatic N) is 3. The van der Waals surface area contributed by atoms with Crippen LogP contribution in [0.3, 0.4) is 0 Å². The Labute approximate surface area is 134 Å². The van der Waals surface area contributed by atoms with E-state index in [9.17, 15) is 13.2 Å². The van der Waals surface area contributed by atoms with Gasteiger partial charge in [-0.1, -0.05) is 24.3 Å². The molecule has 1 heterocycles. The third-order valence-corrected chi connectivity index (χ3v) is 5.29. The summed E-state index contributed by atoms with van der Waals surface area (Å²) in [6.45, 7) is 1.58. The minimum Gasteiger partial charge on any atom is -0.278 e. The molecule has 2 aromatic rings. The molecule has 2 aromatic carbocycles. The number of rotatable bonds is 2. The van der Waals surface area contributed by atoms with E-state index >= 15 is 0 Å². The zero-order valence-electron chi connectivity index (χ0n) is 12.3. The Morgan fingerprint density at radius 1 is 1.13 bits per heavy atom. The van der Waals surface area contributed by atoms with E-state index in [1.807, 2.05) is 19.1 Å². The summed E-state index contributed by atoms with van der Waals surface area (Å²) in [6.07, 6.45) is 0. The van der Waals surface area contributed by atoms with Crippen molar-refractivity contribution in [1.82, 2.24) is 0 Å². The number of carbonyl (C=O) groups is 1. The monoisotopic (exact) mass is 327 g/mol. The lowest BCUT2D eigenvalue weighted by Crippen LogP contribution is -2.51. The molecule has 6 nitrogen and oxygen atoms in total. The van der Waals surface area contributed by atoms with E-state index in [-0.39, 0.29) is 22.8 Å². The van der Waals surface area contributed by atoms with E-state index in [1.54, 1.807) is 30.3 Å². The van der Waals surface area contributed by atoms with Crippen LogP contribution in [-0.2, 0) is 10.0 Å². The van der Waals surface area contributed by atoms with Gasteiger partial charge in [0.25, 0.3) is 10.0 Å². The van der Waals surface area contributed by atoms with Gasteiger partial charge in [-0.2, -0.15) is 9.57 Å². The summed E-state index contributed by atoms with van der Waals surface area (Å²) in [5, 5.41) is 8.98. The number of aryl methyl sites for hydroxylation is 1. The summed E-state index contributed by atoms with van der Waals surface area (Å²) in [4.78, 5) is 13.9. The summed E-state index contributed by atoms with van der Waals surface area (Å²) in [6, 6.07) is 14.0. The molecule has 1 aliphatic rings. The van der Waals surface area contributed by atoms with Gasteiger partial charge in [-0.05, 0) is 36.8 Å². The van der Waals surface area contributed by atoms with Gasteiger partial charge in [0.15, 0.2) is 0 Å².